The summed E-state index contributed by atoms with van der Waals surface area (Å²) in [6, 6.07) is 7.07. The van der Waals surface area contributed by atoms with Crippen LogP contribution >= 0.6 is 15.9 Å². The summed E-state index contributed by atoms with van der Waals surface area (Å²) in [5.41, 5.74) is 2.84. The summed E-state index contributed by atoms with van der Waals surface area (Å²) in [4.78, 5) is 0. The number of aryl methyl sites for hydroxylation is 1. The molecule has 3 heteroatoms. The summed E-state index contributed by atoms with van der Waals surface area (Å²) in [6.45, 7) is 10.5. The van der Waals surface area contributed by atoms with Crippen LogP contribution in [0.3, 0.4) is 0 Å². The number of hydrogen-bond acceptors (Lipinski definition) is 2. The lowest BCUT2D eigenvalue weighted by atomic mass is 9.64. The highest BCUT2D eigenvalue weighted by atomic mass is 79.9. The lowest BCUT2D eigenvalue weighted by molar-refractivity contribution is -0.114. The summed E-state index contributed by atoms with van der Waals surface area (Å²) in [7, 11) is 0. The molecule has 2 nitrogen and oxygen atoms in total. The number of benzene rings is 1. The highest BCUT2D eigenvalue weighted by Gasteiger charge is 2.48. The van der Waals surface area contributed by atoms with Crippen LogP contribution in [0.15, 0.2) is 22.7 Å². The Bertz CT molecular complexity index is 444. The van der Waals surface area contributed by atoms with Gasteiger partial charge in [-0.25, -0.2) is 0 Å². The summed E-state index contributed by atoms with van der Waals surface area (Å²) in [6.07, 6.45) is 1.51. The van der Waals surface area contributed by atoms with E-state index in [0.29, 0.717) is 12.1 Å². The molecule has 1 fully saturated rings. The summed E-state index contributed by atoms with van der Waals surface area (Å²) in [5, 5.41) is 3.66. The van der Waals surface area contributed by atoms with Crippen molar-refractivity contribution in [3.63, 3.8) is 0 Å². The van der Waals surface area contributed by atoms with E-state index in [-0.39, 0.29) is 5.41 Å². The molecule has 1 N–H and O–H groups in total. The van der Waals surface area contributed by atoms with Gasteiger partial charge in [-0.2, -0.15) is 0 Å². The smallest absolute Gasteiger partial charge is 0.0655 e. The molecule has 106 valence electrons. The highest BCUT2D eigenvalue weighted by Crippen LogP contribution is 2.42. The number of halogens is 1. The van der Waals surface area contributed by atoms with Gasteiger partial charge in [0.1, 0.15) is 0 Å². The molecule has 0 radical (unpaired) electrons. The minimum Gasteiger partial charge on any atom is -0.378 e. The molecule has 2 atom stereocenters. The normalized spacial score (nSPS) is 25.1. The quantitative estimate of drug-likeness (QED) is 0.881. The Hall–Kier alpha value is -0.380. The van der Waals surface area contributed by atoms with Gasteiger partial charge in [0.2, 0.25) is 0 Å². The molecule has 0 aliphatic heterocycles. The van der Waals surface area contributed by atoms with Crippen LogP contribution in [0.4, 0.5) is 0 Å². The summed E-state index contributed by atoms with van der Waals surface area (Å²) >= 11 is 3.64. The Balaban J connectivity index is 1.90. The molecular formula is C16H24BrNO. The van der Waals surface area contributed by atoms with Crippen LogP contribution in [0.1, 0.15) is 38.3 Å². The minimum absolute atomic E-state index is 0.229. The third-order valence-electron chi connectivity index (χ3n) is 4.29. The van der Waals surface area contributed by atoms with Gasteiger partial charge in [0, 0.05) is 29.1 Å². The lowest BCUT2D eigenvalue weighted by Crippen LogP contribution is -2.60. The molecule has 0 saturated heterocycles. The van der Waals surface area contributed by atoms with E-state index in [1.807, 2.05) is 0 Å². The van der Waals surface area contributed by atoms with Gasteiger partial charge in [0.05, 0.1) is 6.10 Å². The standard InChI is InChI=1S/C16H24BrNO/c1-5-19-15-9-14(16(15,3)4)18-10-12-7-6-11(2)8-13(12)17/h6-8,14-15,18H,5,9-10H2,1-4H3. The van der Waals surface area contributed by atoms with Gasteiger partial charge in [-0.05, 0) is 37.5 Å². The average Bonchev–Trinajstić information content (AvgIpc) is 2.35. The second-order valence-electron chi connectivity index (χ2n) is 6.03. The van der Waals surface area contributed by atoms with Crippen LogP contribution in [-0.4, -0.2) is 18.8 Å². The molecule has 1 aromatic rings. The van der Waals surface area contributed by atoms with E-state index in [9.17, 15) is 0 Å². The Labute approximate surface area is 125 Å². The van der Waals surface area contributed by atoms with E-state index in [1.54, 1.807) is 0 Å². The van der Waals surface area contributed by atoms with Gasteiger partial charge in [-0.15, -0.1) is 0 Å². The molecule has 1 saturated carbocycles. The monoisotopic (exact) mass is 325 g/mol. The SMILES string of the molecule is CCOC1CC(NCc2ccc(C)cc2Br)C1(C)C. The van der Waals surface area contributed by atoms with E-state index in [2.05, 4.69) is 67.1 Å². The fourth-order valence-corrected chi connectivity index (χ4v) is 3.38. The zero-order valence-corrected chi connectivity index (χ0v) is 13.9. The van der Waals surface area contributed by atoms with Crippen molar-refractivity contribution in [3.05, 3.63) is 33.8 Å². The van der Waals surface area contributed by atoms with E-state index >= 15 is 0 Å². The zero-order chi connectivity index (χ0) is 14.0. The van der Waals surface area contributed by atoms with Crippen molar-refractivity contribution in [2.75, 3.05) is 6.61 Å². The van der Waals surface area contributed by atoms with Crippen LogP contribution in [0.2, 0.25) is 0 Å². The summed E-state index contributed by atoms with van der Waals surface area (Å²) in [5.74, 6) is 0. The highest BCUT2D eigenvalue weighted by molar-refractivity contribution is 9.10. The molecule has 0 heterocycles. The van der Waals surface area contributed by atoms with Gasteiger partial charge < -0.3 is 10.1 Å². The van der Waals surface area contributed by atoms with Gasteiger partial charge in [0.15, 0.2) is 0 Å². The van der Waals surface area contributed by atoms with Crippen molar-refractivity contribution in [3.8, 4) is 0 Å². The van der Waals surface area contributed by atoms with Crippen molar-refractivity contribution in [2.24, 2.45) is 5.41 Å². The number of ether oxygens (including phenoxy) is 1. The molecule has 2 rings (SSSR count). The zero-order valence-electron chi connectivity index (χ0n) is 12.3. The van der Waals surface area contributed by atoms with Crippen molar-refractivity contribution >= 4 is 15.9 Å². The maximum Gasteiger partial charge on any atom is 0.0655 e. The molecule has 1 aromatic carbocycles. The fourth-order valence-electron chi connectivity index (χ4n) is 2.74. The van der Waals surface area contributed by atoms with E-state index in [4.69, 9.17) is 4.74 Å². The van der Waals surface area contributed by atoms with E-state index < -0.39 is 0 Å². The summed E-state index contributed by atoms with van der Waals surface area (Å²) < 4.78 is 6.96. The molecule has 19 heavy (non-hydrogen) atoms. The van der Waals surface area contributed by atoms with Gasteiger partial charge in [0.25, 0.3) is 0 Å². The maximum absolute atomic E-state index is 5.77. The first-order valence-corrected chi connectivity index (χ1v) is 7.84. The fraction of sp³-hybridized carbons (Fsp3) is 0.625. The predicted octanol–water partition coefficient (Wildman–Crippen LogP) is 4.05. The second-order valence-corrected chi connectivity index (χ2v) is 6.88. The van der Waals surface area contributed by atoms with E-state index in [0.717, 1.165) is 19.6 Å². The molecule has 2 unspecified atom stereocenters. The van der Waals surface area contributed by atoms with Crippen molar-refractivity contribution in [2.45, 2.75) is 52.8 Å². The van der Waals surface area contributed by atoms with Crippen molar-refractivity contribution in [1.82, 2.24) is 5.32 Å². The topological polar surface area (TPSA) is 21.3 Å². The Morgan fingerprint density at radius 3 is 2.74 bits per heavy atom. The van der Waals surface area contributed by atoms with Crippen LogP contribution in [0, 0.1) is 12.3 Å². The van der Waals surface area contributed by atoms with Crippen molar-refractivity contribution < 1.29 is 4.74 Å². The Morgan fingerprint density at radius 1 is 1.42 bits per heavy atom. The first-order chi connectivity index (χ1) is 8.95. The first-order valence-electron chi connectivity index (χ1n) is 7.05. The maximum atomic E-state index is 5.77. The predicted molar refractivity (Wildman–Crippen MR) is 83.3 cm³/mol. The van der Waals surface area contributed by atoms with Gasteiger partial charge in [-0.1, -0.05) is 41.9 Å². The van der Waals surface area contributed by atoms with Crippen LogP contribution < -0.4 is 5.32 Å². The molecule has 0 spiro atoms. The Morgan fingerprint density at radius 2 is 2.16 bits per heavy atom. The molecule has 0 aromatic heterocycles. The number of nitrogens with one attached hydrogen (secondary N) is 1. The lowest BCUT2D eigenvalue weighted by Gasteiger charge is -2.52. The van der Waals surface area contributed by atoms with E-state index in [1.165, 1.54) is 15.6 Å². The molecule has 0 amide bonds. The van der Waals surface area contributed by atoms with Gasteiger partial charge in [-0.3, -0.25) is 0 Å². The molecular weight excluding hydrogens is 302 g/mol. The van der Waals surface area contributed by atoms with Gasteiger partial charge >= 0.3 is 0 Å². The number of hydrogen-bond donors (Lipinski definition) is 1. The number of rotatable bonds is 5. The molecule has 1 aliphatic rings. The third kappa shape index (κ3) is 3.21. The van der Waals surface area contributed by atoms with Crippen LogP contribution in [-0.2, 0) is 11.3 Å². The van der Waals surface area contributed by atoms with Crippen molar-refractivity contribution in [1.29, 1.82) is 0 Å². The first kappa shape index (κ1) is 15.0. The average molecular weight is 326 g/mol. The van der Waals surface area contributed by atoms with Crippen LogP contribution in [0.5, 0.6) is 0 Å². The van der Waals surface area contributed by atoms with Crippen LogP contribution in [0.25, 0.3) is 0 Å². The molecule has 1 aliphatic carbocycles. The Kier molecular flexibility index (Phi) is 4.70. The second kappa shape index (κ2) is 5.94. The third-order valence-corrected chi connectivity index (χ3v) is 5.03. The largest absolute Gasteiger partial charge is 0.378 e. The molecule has 0 bridgehead atoms. The minimum atomic E-state index is 0.229.